The van der Waals surface area contributed by atoms with Crippen LogP contribution in [0.2, 0.25) is 0 Å². The lowest BCUT2D eigenvalue weighted by Crippen LogP contribution is -2.27. The number of anilines is 1. The molecule has 0 aromatic heterocycles. The summed E-state index contributed by atoms with van der Waals surface area (Å²) >= 11 is 0. The lowest BCUT2D eigenvalue weighted by molar-refractivity contribution is 0.551. The highest BCUT2D eigenvalue weighted by molar-refractivity contribution is 7.89. The first-order chi connectivity index (χ1) is 8.66. The Morgan fingerprint density at radius 1 is 1.21 bits per heavy atom. The van der Waals surface area contributed by atoms with Crippen LogP contribution in [0.4, 0.5) is 5.69 Å². The molecular weight excluding hydrogens is 260 g/mol. The monoisotopic (exact) mass is 284 g/mol. The second-order valence-corrected chi connectivity index (χ2v) is 7.15. The number of hydrogen-bond donors (Lipinski definition) is 2. The van der Waals surface area contributed by atoms with Crippen LogP contribution in [-0.4, -0.2) is 15.0 Å². The van der Waals surface area contributed by atoms with Gasteiger partial charge in [-0.25, -0.2) is 13.1 Å². The smallest absolute Gasteiger partial charge is 0.241 e. The van der Waals surface area contributed by atoms with E-state index in [1.54, 1.807) is 6.92 Å². The van der Waals surface area contributed by atoms with Gasteiger partial charge in [0.15, 0.2) is 0 Å². The third kappa shape index (κ3) is 3.70. The molecule has 0 aliphatic heterocycles. The van der Waals surface area contributed by atoms with Crippen molar-refractivity contribution in [1.82, 2.24) is 4.72 Å². The first kappa shape index (κ1) is 16.0. The highest BCUT2D eigenvalue weighted by atomic mass is 32.2. The molecule has 3 N–H and O–H groups in total. The Morgan fingerprint density at radius 2 is 1.79 bits per heavy atom. The van der Waals surface area contributed by atoms with Crippen molar-refractivity contribution in [2.45, 2.75) is 45.9 Å². The van der Waals surface area contributed by atoms with Crippen LogP contribution in [0.15, 0.2) is 11.0 Å². The normalized spacial score (nSPS) is 12.1. The fourth-order valence-corrected chi connectivity index (χ4v) is 3.61. The van der Waals surface area contributed by atoms with Gasteiger partial charge in [0.25, 0.3) is 0 Å². The molecule has 0 heterocycles. The molecule has 108 valence electrons. The Kier molecular flexibility index (Phi) is 4.98. The fourth-order valence-electron chi connectivity index (χ4n) is 2.00. The molecule has 5 heteroatoms. The van der Waals surface area contributed by atoms with Crippen LogP contribution in [0.3, 0.4) is 0 Å². The highest BCUT2D eigenvalue weighted by Crippen LogP contribution is 2.27. The molecule has 1 aromatic carbocycles. The number of sulfonamides is 1. The van der Waals surface area contributed by atoms with Crippen LogP contribution in [0.1, 0.15) is 37.0 Å². The summed E-state index contributed by atoms with van der Waals surface area (Å²) in [6, 6.07) is 1.82. The van der Waals surface area contributed by atoms with Crippen molar-refractivity contribution in [3.8, 4) is 0 Å². The number of nitrogens with one attached hydrogen (secondary N) is 1. The Hall–Kier alpha value is -1.07. The van der Waals surface area contributed by atoms with E-state index in [9.17, 15) is 8.42 Å². The van der Waals surface area contributed by atoms with Gasteiger partial charge in [-0.05, 0) is 55.9 Å². The average Bonchev–Trinajstić information content (AvgIpc) is 2.25. The largest absolute Gasteiger partial charge is 0.398 e. The van der Waals surface area contributed by atoms with Crippen LogP contribution in [0.25, 0.3) is 0 Å². The number of aryl methyl sites for hydroxylation is 1. The number of nitrogens with two attached hydrogens (primary N) is 1. The van der Waals surface area contributed by atoms with E-state index in [0.717, 1.165) is 17.5 Å². The summed E-state index contributed by atoms with van der Waals surface area (Å²) in [6.07, 6.45) is 0.818. The molecule has 19 heavy (non-hydrogen) atoms. The van der Waals surface area contributed by atoms with E-state index in [1.807, 2.05) is 19.9 Å². The quantitative estimate of drug-likeness (QED) is 0.816. The maximum Gasteiger partial charge on any atom is 0.241 e. The molecule has 0 bridgehead atoms. The van der Waals surface area contributed by atoms with Crippen molar-refractivity contribution in [1.29, 1.82) is 0 Å². The van der Waals surface area contributed by atoms with Gasteiger partial charge in [-0.3, -0.25) is 0 Å². The summed E-state index contributed by atoms with van der Waals surface area (Å²) in [6.45, 7) is 10.0. The van der Waals surface area contributed by atoms with Crippen LogP contribution >= 0.6 is 0 Å². The minimum Gasteiger partial charge on any atom is -0.398 e. The second kappa shape index (κ2) is 5.92. The first-order valence-corrected chi connectivity index (χ1v) is 8.01. The molecule has 4 nitrogen and oxygen atoms in total. The zero-order chi connectivity index (χ0) is 14.8. The van der Waals surface area contributed by atoms with Crippen LogP contribution in [0, 0.1) is 26.7 Å². The van der Waals surface area contributed by atoms with Gasteiger partial charge in [-0.2, -0.15) is 0 Å². The van der Waals surface area contributed by atoms with Crippen molar-refractivity contribution in [3.05, 3.63) is 22.8 Å². The summed E-state index contributed by atoms with van der Waals surface area (Å²) in [4.78, 5) is 0.328. The molecule has 0 aliphatic carbocycles. The van der Waals surface area contributed by atoms with E-state index in [4.69, 9.17) is 5.73 Å². The van der Waals surface area contributed by atoms with Crippen molar-refractivity contribution >= 4 is 15.7 Å². The summed E-state index contributed by atoms with van der Waals surface area (Å²) < 4.78 is 27.4. The number of benzene rings is 1. The van der Waals surface area contributed by atoms with Crippen molar-refractivity contribution in [3.63, 3.8) is 0 Å². The van der Waals surface area contributed by atoms with Crippen LogP contribution in [0.5, 0.6) is 0 Å². The molecule has 0 radical (unpaired) electrons. The zero-order valence-corrected chi connectivity index (χ0v) is 13.2. The Morgan fingerprint density at radius 3 is 2.32 bits per heavy atom. The second-order valence-electron chi connectivity index (χ2n) is 5.44. The minimum absolute atomic E-state index is 0.328. The van der Waals surface area contributed by atoms with E-state index in [1.165, 1.54) is 0 Å². The third-order valence-electron chi connectivity index (χ3n) is 3.36. The van der Waals surface area contributed by atoms with Crippen LogP contribution in [-0.2, 0) is 10.0 Å². The molecule has 0 saturated carbocycles. The summed E-state index contributed by atoms with van der Waals surface area (Å²) in [5, 5.41) is 0. The molecule has 1 rings (SSSR count). The van der Waals surface area contributed by atoms with Gasteiger partial charge in [0.2, 0.25) is 10.0 Å². The predicted molar refractivity (Wildman–Crippen MR) is 79.7 cm³/mol. The Bertz CT molecular complexity index is 537. The van der Waals surface area contributed by atoms with Crippen molar-refractivity contribution in [2.75, 3.05) is 12.3 Å². The first-order valence-electron chi connectivity index (χ1n) is 6.52. The lowest BCUT2D eigenvalue weighted by atomic mass is 10.1. The Labute approximate surface area is 116 Å². The van der Waals surface area contributed by atoms with Gasteiger partial charge in [0.05, 0.1) is 4.90 Å². The van der Waals surface area contributed by atoms with Gasteiger partial charge < -0.3 is 5.73 Å². The minimum atomic E-state index is -3.49. The van der Waals surface area contributed by atoms with Gasteiger partial charge in [-0.15, -0.1) is 0 Å². The molecule has 0 atom stereocenters. The van der Waals surface area contributed by atoms with E-state index >= 15 is 0 Å². The SMILES string of the molecule is Cc1cc(N)c(C)c(S(=O)(=O)NCCC(C)C)c1C. The molecule has 0 fully saturated rings. The zero-order valence-electron chi connectivity index (χ0n) is 12.4. The van der Waals surface area contributed by atoms with Crippen LogP contribution < -0.4 is 10.5 Å². The van der Waals surface area contributed by atoms with E-state index in [-0.39, 0.29) is 0 Å². The Balaban J connectivity index is 3.15. The number of hydrogen-bond acceptors (Lipinski definition) is 3. The highest BCUT2D eigenvalue weighted by Gasteiger charge is 2.21. The van der Waals surface area contributed by atoms with E-state index < -0.39 is 10.0 Å². The summed E-state index contributed by atoms with van der Waals surface area (Å²) in [5.41, 5.74) is 8.68. The predicted octanol–water partition coefficient (Wildman–Crippen LogP) is 2.52. The number of rotatable bonds is 5. The molecule has 0 saturated heterocycles. The molecule has 0 unspecified atom stereocenters. The molecule has 0 amide bonds. The average molecular weight is 284 g/mol. The summed E-state index contributed by atoms with van der Waals surface area (Å²) in [7, 11) is -3.49. The third-order valence-corrected chi connectivity index (χ3v) is 5.09. The maximum absolute atomic E-state index is 12.4. The molecule has 1 aromatic rings. The number of nitrogen functional groups attached to an aromatic ring is 1. The fraction of sp³-hybridized carbons (Fsp3) is 0.571. The van der Waals surface area contributed by atoms with E-state index in [0.29, 0.717) is 28.6 Å². The molecule has 0 spiro atoms. The van der Waals surface area contributed by atoms with Crippen molar-refractivity contribution < 1.29 is 8.42 Å². The lowest BCUT2D eigenvalue weighted by Gasteiger charge is -2.16. The van der Waals surface area contributed by atoms with E-state index in [2.05, 4.69) is 18.6 Å². The maximum atomic E-state index is 12.4. The van der Waals surface area contributed by atoms with Gasteiger partial charge in [0, 0.05) is 12.2 Å². The van der Waals surface area contributed by atoms with Gasteiger partial charge in [0.1, 0.15) is 0 Å². The van der Waals surface area contributed by atoms with Gasteiger partial charge >= 0.3 is 0 Å². The summed E-state index contributed by atoms with van der Waals surface area (Å²) in [5.74, 6) is 0.465. The van der Waals surface area contributed by atoms with Crippen molar-refractivity contribution in [2.24, 2.45) is 5.92 Å². The molecule has 0 aliphatic rings. The molecular formula is C14H24N2O2S. The topological polar surface area (TPSA) is 72.2 Å². The standard InChI is InChI=1S/C14H24N2O2S/c1-9(2)6-7-16-19(17,18)14-11(4)10(3)8-13(15)12(14)5/h8-9,16H,6-7,15H2,1-5H3. The van der Waals surface area contributed by atoms with Gasteiger partial charge in [-0.1, -0.05) is 13.8 Å².